The summed E-state index contributed by atoms with van der Waals surface area (Å²) in [5.41, 5.74) is 7.39. The molecule has 0 spiro atoms. The first-order valence-corrected chi connectivity index (χ1v) is 14.8. The van der Waals surface area contributed by atoms with Crippen molar-refractivity contribution < 1.29 is 19.1 Å². The molecule has 3 amide bonds. The van der Waals surface area contributed by atoms with Gasteiger partial charge in [0.15, 0.2) is 0 Å². The van der Waals surface area contributed by atoms with Crippen molar-refractivity contribution in [1.29, 1.82) is 0 Å². The zero-order valence-electron chi connectivity index (χ0n) is 23.7. The van der Waals surface area contributed by atoms with Gasteiger partial charge in [-0.3, -0.25) is 14.4 Å². The van der Waals surface area contributed by atoms with E-state index in [0.717, 1.165) is 42.8 Å². The number of piperidine rings is 2. The Morgan fingerprint density at radius 2 is 1.60 bits per heavy atom. The molecule has 40 heavy (non-hydrogen) atoms. The van der Waals surface area contributed by atoms with Gasteiger partial charge in [-0.15, -0.1) is 0 Å². The van der Waals surface area contributed by atoms with E-state index < -0.39 is 17.9 Å². The third-order valence-electron chi connectivity index (χ3n) is 8.22. The fraction of sp³-hybridized carbons (Fsp3) is 0.531. The van der Waals surface area contributed by atoms with Crippen LogP contribution >= 0.6 is 0 Å². The molecule has 4 rings (SSSR count). The maximum absolute atomic E-state index is 13.7. The molecule has 0 bridgehead atoms. The number of benzene rings is 2. The van der Waals surface area contributed by atoms with Crippen LogP contribution in [0.2, 0.25) is 0 Å². The lowest BCUT2D eigenvalue weighted by Gasteiger charge is -2.41. The van der Waals surface area contributed by atoms with Crippen molar-refractivity contribution in [3.8, 4) is 5.75 Å². The zero-order valence-corrected chi connectivity index (χ0v) is 23.7. The first-order valence-electron chi connectivity index (χ1n) is 14.8. The summed E-state index contributed by atoms with van der Waals surface area (Å²) >= 11 is 0. The fourth-order valence-corrected chi connectivity index (χ4v) is 5.61. The predicted octanol–water partition coefficient (Wildman–Crippen LogP) is 3.67. The topological polar surface area (TPSA) is 105 Å². The standard InChI is InChI=1S/C32H44N4O4/c1-24(31(33)38)10-15-30(37)34-29(32(39)36-20-16-27(17-21-36)35-18-6-3-7-19-35)22-25-11-13-28(14-12-25)40-23-26-8-4-2-5-9-26/h2,4-5,8-9,11-14,24,27,29H,3,6-7,10,15-23H2,1H3,(H2,33,38)(H,34,37). The highest BCUT2D eigenvalue weighted by atomic mass is 16.5. The number of hydrogen-bond donors (Lipinski definition) is 2. The summed E-state index contributed by atoms with van der Waals surface area (Å²) in [5, 5.41) is 2.97. The van der Waals surface area contributed by atoms with Crippen molar-refractivity contribution in [3.63, 3.8) is 0 Å². The molecule has 0 aromatic heterocycles. The highest BCUT2D eigenvalue weighted by Gasteiger charge is 2.32. The predicted molar refractivity (Wildman–Crippen MR) is 155 cm³/mol. The van der Waals surface area contributed by atoms with E-state index >= 15 is 0 Å². The van der Waals surface area contributed by atoms with Gasteiger partial charge in [0.25, 0.3) is 0 Å². The van der Waals surface area contributed by atoms with Gasteiger partial charge in [-0.2, -0.15) is 0 Å². The minimum atomic E-state index is -0.668. The molecule has 2 aromatic rings. The first-order chi connectivity index (χ1) is 19.4. The monoisotopic (exact) mass is 548 g/mol. The third-order valence-corrected chi connectivity index (χ3v) is 8.22. The van der Waals surface area contributed by atoms with E-state index in [0.29, 0.717) is 38.6 Å². The quantitative estimate of drug-likeness (QED) is 0.421. The summed E-state index contributed by atoms with van der Waals surface area (Å²) in [6.45, 7) is 5.92. The Kier molecular flexibility index (Phi) is 11.0. The summed E-state index contributed by atoms with van der Waals surface area (Å²) in [6.07, 6.45) is 6.67. The minimum Gasteiger partial charge on any atom is -0.489 e. The van der Waals surface area contributed by atoms with E-state index in [1.165, 1.54) is 19.3 Å². The van der Waals surface area contributed by atoms with Crippen LogP contribution in [0.5, 0.6) is 5.75 Å². The van der Waals surface area contributed by atoms with Crippen LogP contribution in [0.1, 0.15) is 63.0 Å². The Labute approximate surface area is 238 Å². The number of primary amides is 1. The fourth-order valence-electron chi connectivity index (χ4n) is 5.61. The smallest absolute Gasteiger partial charge is 0.245 e. The largest absolute Gasteiger partial charge is 0.489 e. The Bertz CT molecular complexity index is 1090. The van der Waals surface area contributed by atoms with Gasteiger partial charge in [-0.05, 0) is 68.5 Å². The molecule has 2 aliphatic rings. The van der Waals surface area contributed by atoms with Crippen molar-refractivity contribution in [1.82, 2.24) is 15.1 Å². The van der Waals surface area contributed by atoms with Gasteiger partial charge in [0.1, 0.15) is 18.4 Å². The number of hydrogen-bond acceptors (Lipinski definition) is 5. The molecular formula is C32H44N4O4. The van der Waals surface area contributed by atoms with Crippen LogP contribution in [0.4, 0.5) is 0 Å². The molecule has 2 aliphatic heterocycles. The lowest BCUT2D eigenvalue weighted by atomic mass is 9.98. The van der Waals surface area contributed by atoms with Gasteiger partial charge in [0.2, 0.25) is 17.7 Å². The number of nitrogens with two attached hydrogens (primary N) is 1. The molecule has 2 fully saturated rings. The second kappa shape index (κ2) is 14.8. The second-order valence-corrected chi connectivity index (χ2v) is 11.2. The molecule has 3 N–H and O–H groups in total. The van der Waals surface area contributed by atoms with Crippen LogP contribution in [0.25, 0.3) is 0 Å². The van der Waals surface area contributed by atoms with Crippen molar-refractivity contribution in [2.75, 3.05) is 26.2 Å². The zero-order chi connectivity index (χ0) is 28.3. The van der Waals surface area contributed by atoms with Gasteiger partial charge < -0.3 is 25.6 Å². The average molecular weight is 549 g/mol. The van der Waals surface area contributed by atoms with Crippen molar-refractivity contribution in [2.45, 2.75) is 77.0 Å². The summed E-state index contributed by atoms with van der Waals surface area (Å²) in [6, 6.07) is 17.6. The van der Waals surface area contributed by atoms with Crippen molar-refractivity contribution >= 4 is 17.7 Å². The summed E-state index contributed by atoms with van der Waals surface area (Å²) < 4.78 is 5.91. The molecule has 2 heterocycles. The Morgan fingerprint density at radius 3 is 2.25 bits per heavy atom. The Hall–Kier alpha value is -3.39. The van der Waals surface area contributed by atoms with E-state index in [1.807, 2.05) is 59.5 Å². The van der Waals surface area contributed by atoms with Crippen molar-refractivity contribution in [3.05, 3.63) is 65.7 Å². The number of carbonyl (C=O) groups excluding carboxylic acids is 3. The molecule has 2 atom stereocenters. The first kappa shape index (κ1) is 29.6. The van der Waals surface area contributed by atoms with Crippen LogP contribution in [0.3, 0.4) is 0 Å². The molecule has 2 unspecified atom stereocenters. The Morgan fingerprint density at radius 1 is 0.925 bits per heavy atom. The highest BCUT2D eigenvalue weighted by Crippen LogP contribution is 2.22. The molecule has 2 aromatic carbocycles. The minimum absolute atomic E-state index is 0.0437. The lowest BCUT2D eigenvalue weighted by molar-refractivity contribution is -0.138. The number of carbonyl (C=O) groups is 3. The van der Waals surface area contributed by atoms with Crippen LogP contribution in [-0.2, 0) is 27.4 Å². The molecule has 2 saturated heterocycles. The van der Waals surface area contributed by atoms with Gasteiger partial charge in [-0.1, -0.05) is 55.8 Å². The number of likely N-dealkylation sites (tertiary alicyclic amines) is 2. The third kappa shape index (κ3) is 8.81. The number of amides is 3. The number of ether oxygens (including phenoxy) is 1. The van der Waals surface area contributed by atoms with E-state index in [2.05, 4.69) is 10.2 Å². The number of rotatable bonds is 12. The van der Waals surface area contributed by atoms with Crippen LogP contribution in [-0.4, -0.2) is 65.8 Å². The molecule has 0 radical (unpaired) electrons. The number of nitrogens with one attached hydrogen (secondary N) is 1. The van der Waals surface area contributed by atoms with E-state index in [4.69, 9.17) is 10.5 Å². The molecule has 216 valence electrons. The summed E-state index contributed by atoms with van der Waals surface area (Å²) in [5.74, 6) is -0.348. The molecule has 8 nitrogen and oxygen atoms in total. The molecular weight excluding hydrogens is 504 g/mol. The van der Waals surface area contributed by atoms with Gasteiger partial charge in [0, 0.05) is 37.9 Å². The van der Waals surface area contributed by atoms with Gasteiger partial charge >= 0.3 is 0 Å². The highest BCUT2D eigenvalue weighted by molar-refractivity contribution is 5.88. The van der Waals surface area contributed by atoms with Crippen molar-refractivity contribution in [2.24, 2.45) is 11.7 Å². The van der Waals surface area contributed by atoms with Gasteiger partial charge in [0.05, 0.1) is 0 Å². The SMILES string of the molecule is CC(CCC(=O)NC(Cc1ccc(OCc2ccccc2)cc1)C(=O)N1CCC(N2CCCCC2)CC1)C(N)=O. The summed E-state index contributed by atoms with van der Waals surface area (Å²) in [7, 11) is 0. The van der Waals surface area contributed by atoms with Crippen LogP contribution in [0.15, 0.2) is 54.6 Å². The lowest BCUT2D eigenvalue weighted by Crippen LogP contribution is -2.54. The maximum Gasteiger partial charge on any atom is 0.245 e. The second-order valence-electron chi connectivity index (χ2n) is 11.2. The average Bonchev–Trinajstić information content (AvgIpc) is 2.99. The van der Waals surface area contributed by atoms with Crippen LogP contribution in [0, 0.1) is 5.92 Å². The van der Waals surface area contributed by atoms with Crippen LogP contribution < -0.4 is 15.8 Å². The van der Waals surface area contributed by atoms with E-state index in [9.17, 15) is 14.4 Å². The molecule has 0 saturated carbocycles. The van der Waals surface area contributed by atoms with E-state index in [1.54, 1.807) is 6.92 Å². The molecule has 8 heteroatoms. The maximum atomic E-state index is 13.7. The normalized spacial score (nSPS) is 18.1. The molecule has 0 aliphatic carbocycles. The van der Waals surface area contributed by atoms with E-state index in [-0.39, 0.29) is 18.2 Å². The van der Waals surface area contributed by atoms with Gasteiger partial charge in [-0.25, -0.2) is 0 Å². The summed E-state index contributed by atoms with van der Waals surface area (Å²) in [4.78, 5) is 42.4. The Balaban J connectivity index is 1.36. The number of nitrogens with zero attached hydrogens (tertiary/aromatic N) is 2.